The van der Waals surface area contributed by atoms with Gasteiger partial charge >= 0.3 is 0 Å². The quantitative estimate of drug-likeness (QED) is 0.383. The van der Waals surface area contributed by atoms with Crippen LogP contribution in [0.2, 0.25) is 0 Å². The van der Waals surface area contributed by atoms with E-state index in [2.05, 4.69) is 14.8 Å². The lowest BCUT2D eigenvalue weighted by Crippen LogP contribution is -2.31. The van der Waals surface area contributed by atoms with Gasteiger partial charge in [-0.25, -0.2) is 0 Å². The molecule has 0 amide bonds. The van der Waals surface area contributed by atoms with E-state index in [0.717, 1.165) is 10.2 Å². The first-order valence-electron chi connectivity index (χ1n) is 11.2. The fourth-order valence-corrected chi connectivity index (χ4v) is 5.02. The van der Waals surface area contributed by atoms with Gasteiger partial charge in [-0.3, -0.25) is 4.79 Å². The van der Waals surface area contributed by atoms with Crippen LogP contribution >= 0.6 is 0 Å². The number of amidine groups is 1. The van der Waals surface area contributed by atoms with E-state index in [4.69, 9.17) is 4.74 Å². The summed E-state index contributed by atoms with van der Waals surface area (Å²) in [5, 5.41) is 18.4. The maximum atomic E-state index is 13.4. The molecule has 2 N–H and O–H groups in total. The zero-order valence-electron chi connectivity index (χ0n) is 19.2. The number of hydrogen-bond acceptors (Lipinski definition) is 7. The van der Waals surface area contributed by atoms with Crippen molar-refractivity contribution in [1.82, 2.24) is 4.68 Å². The van der Waals surface area contributed by atoms with Crippen molar-refractivity contribution in [3.63, 3.8) is 0 Å². The Hall–Kier alpha value is -4.44. The summed E-state index contributed by atoms with van der Waals surface area (Å²) in [4.78, 5) is 13.3. The highest BCUT2D eigenvalue weighted by molar-refractivity contribution is 7.90. The summed E-state index contributed by atoms with van der Waals surface area (Å²) in [5.41, 5.74) is 0.533. The summed E-state index contributed by atoms with van der Waals surface area (Å²) in [6.07, 6.45) is 2.13. The first-order valence-corrected chi connectivity index (χ1v) is 12.7. The van der Waals surface area contributed by atoms with Crippen LogP contribution in [-0.2, 0) is 16.6 Å². The van der Waals surface area contributed by atoms with Crippen molar-refractivity contribution in [3.05, 3.63) is 94.3 Å². The molecule has 0 saturated heterocycles. The highest BCUT2D eigenvalue weighted by atomic mass is 32.2. The van der Waals surface area contributed by atoms with E-state index in [1.807, 2.05) is 37.3 Å². The number of nitrogens with zero attached hydrogens (tertiary/aromatic N) is 3. The number of pyridine rings is 1. The maximum absolute atomic E-state index is 13.4. The molecule has 4 aromatic rings. The van der Waals surface area contributed by atoms with Crippen LogP contribution in [0.4, 0.5) is 5.69 Å². The Morgan fingerprint density at radius 3 is 2.61 bits per heavy atom. The minimum absolute atomic E-state index is 0.0959. The van der Waals surface area contributed by atoms with Gasteiger partial charge in [-0.05, 0) is 36.2 Å². The van der Waals surface area contributed by atoms with Crippen LogP contribution in [-0.4, -0.2) is 30.3 Å². The normalized spacial score (nSPS) is 14.3. The second kappa shape index (κ2) is 9.31. The second-order valence-electron chi connectivity index (χ2n) is 8.04. The number of fused-ring (bicyclic) bond motifs is 2. The standard InChI is InChI=1S/C26H22N4O5S/c1-2-14-27-30-21-11-7-6-10-19(21)24(31)23(26(30)32)25-28-20-13-12-18(15-22(20)36(33,34)29-25)35-16-17-8-4-3-5-9-17/h3-15,31H,2,16H2,1H3,(H,28,29). The van der Waals surface area contributed by atoms with E-state index in [1.165, 1.54) is 12.1 Å². The lowest BCUT2D eigenvalue weighted by atomic mass is 10.1. The smallest absolute Gasteiger partial charge is 0.286 e. The number of para-hydroxylation sites is 1. The number of aromatic nitrogens is 1. The highest BCUT2D eigenvalue weighted by Gasteiger charge is 2.30. The number of ether oxygens (including phenoxy) is 1. The molecule has 1 aliphatic rings. The molecule has 0 fully saturated rings. The van der Waals surface area contributed by atoms with Crippen molar-refractivity contribution < 1.29 is 18.3 Å². The molecule has 0 bridgehead atoms. The fraction of sp³-hybridized carbons (Fsp3) is 0.115. The van der Waals surface area contributed by atoms with Crippen molar-refractivity contribution in [2.75, 3.05) is 5.32 Å². The molecule has 0 saturated carbocycles. The third kappa shape index (κ3) is 4.22. The van der Waals surface area contributed by atoms with Crippen molar-refractivity contribution in [2.24, 2.45) is 9.50 Å². The summed E-state index contributed by atoms with van der Waals surface area (Å²) in [6.45, 7) is 2.14. The minimum atomic E-state index is -4.21. The van der Waals surface area contributed by atoms with Crippen molar-refractivity contribution >= 4 is 38.7 Å². The van der Waals surface area contributed by atoms with Gasteiger partial charge in [0.05, 0.1) is 11.2 Å². The molecule has 10 heteroatoms. The predicted octanol–water partition coefficient (Wildman–Crippen LogP) is 4.09. The van der Waals surface area contributed by atoms with Gasteiger partial charge in [-0.15, -0.1) is 4.40 Å². The Morgan fingerprint density at radius 1 is 1.08 bits per heavy atom. The van der Waals surface area contributed by atoms with Crippen LogP contribution < -0.4 is 15.6 Å². The monoisotopic (exact) mass is 502 g/mol. The molecule has 182 valence electrons. The van der Waals surface area contributed by atoms with E-state index in [1.54, 1.807) is 36.5 Å². The van der Waals surface area contributed by atoms with Crippen molar-refractivity contribution in [3.8, 4) is 11.5 Å². The van der Waals surface area contributed by atoms with Gasteiger partial charge in [-0.1, -0.05) is 49.4 Å². The minimum Gasteiger partial charge on any atom is -0.506 e. The van der Waals surface area contributed by atoms with Gasteiger partial charge < -0.3 is 15.2 Å². The molecule has 0 radical (unpaired) electrons. The van der Waals surface area contributed by atoms with E-state index in [-0.39, 0.29) is 34.3 Å². The van der Waals surface area contributed by atoms with E-state index in [0.29, 0.717) is 23.1 Å². The van der Waals surface area contributed by atoms with Crippen LogP contribution in [0.5, 0.6) is 11.5 Å². The first-order chi connectivity index (χ1) is 17.4. The summed E-state index contributed by atoms with van der Waals surface area (Å²) < 4.78 is 37.0. The molecule has 2 heterocycles. The van der Waals surface area contributed by atoms with Gasteiger partial charge in [0.25, 0.3) is 15.6 Å². The van der Waals surface area contributed by atoms with Crippen molar-refractivity contribution in [2.45, 2.75) is 24.8 Å². The first kappa shape index (κ1) is 23.3. The van der Waals surface area contributed by atoms with Crippen LogP contribution in [0.1, 0.15) is 24.5 Å². The predicted molar refractivity (Wildman–Crippen MR) is 139 cm³/mol. The lowest BCUT2D eigenvalue weighted by Gasteiger charge is -2.20. The molecular formula is C26H22N4O5S. The molecule has 0 atom stereocenters. The van der Waals surface area contributed by atoms with Crippen LogP contribution in [0.25, 0.3) is 10.9 Å². The van der Waals surface area contributed by atoms with Gasteiger partial charge in [0, 0.05) is 17.7 Å². The number of anilines is 1. The van der Waals surface area contributed by atoms with Gasteiger partial charge in [0.1, 0.15) is 28.6 Å². The molecular weight excluding hydrogens is 480 g/mol. The van der Waals surface area contributed by atoms with Crippen molar-refractivity contribution in [1.29, 1.82) is 0 Å². The highest BCUT2D eigenvalue weighted by Crippen LogP contribution is 2.34. The zero-order chi connectivity index (χ0) is 25.3. The number of aromatic hydroxyl groups is 1. The third-order valence-corrected chi connectivity index (χ3v) is 6.91. The Kier molecular flexibility index (Phi) is 6.03. The molecule has 0 spiro atoms. The molecule has 5 rings (SSSR count). The van der Waals surface area contributed by atoms with Gasteiger partial charge in [-0.2, -0.15) is 18.2 Å². The summed E-state index contributed by atoms with van der Waals surface area (Å²) in [6, 6.07) is 20.7. The fourth-order valence-electron chi connectivity index (χ4n) is 3.88. The topological polar surface area (TPSA) is 122 Å². The molecule has 9 nitrogen and oxygen atoms in total. The maximum Gasteiger partial charge on any atom is 0.286 e. The summed E-state index contributed by atoms with van der Waals surface area (Å²) in [7, 11) is -4.21. The summed E-state index contributed by atoms with van der Waals surface area (Å²) >= 11 is 0. The number of nitrogens with one attached hydrogen (secondary N) is 1. The van der Waals surface area contributed by atoms with E-state index in [9.17, 15) is 18.3 Å². The van der Waals surface area contributed by atoms with E-state index >= 15 is 0 Å². The zero-order valence-corrected chi connectivity index (χ0v) is 20.1. The number of sulfonamides is 1. The van der Waals surface area contributed by atoms with E-state index < -0.39 is 15.6 Å². The van der Waals surface area contributed by atoms with Crippen LogP contribution in [0.3, 0.4) is 0 Å². The second-order valence-corrected chi connectivity index (χ2v) is 9.61. The average Bonchev–Trinajstić information content (AvgIpc) is 2.88. The molecule has 1 aromatic heterocycles. The number of hydrogen-bond donors (Lipinski definition) is 2. The average molecular weight is 503 g/mol. The Balaban J connectivity index is 1.57. The summed E-state index contributed by atoms with van der Waals surface area (Å²) in [5.74, 6) is -0.313. The van der Waals surface area contributed by atoms with Crippen LogP contribution in [0.15, 0.2) is 92.0 Å². The molecule has 0 aliphatic carbocycles. The SMILES string of the molecule is CCC=Nn1c(=O)c(C2=NS(=O)(=O)c3cc(OCc4ccccc4)ccc3N2)c(O)c2ccccc21. The number of benzene rings is 3. The van der Waals surface area contributed by atoms with Crippen LogP contribution in [0, 0.1) is 0 Å². The van der Waals surface area contributed by atoms with Gasteiger partial charge in [0.15, 0.2) is 5.84 Å². The Morgan fingerprint density at radius 2 is 1.83 bits per heavy atom. The van der Waals surface area contributed by atoms with Gasteiger partial charge in [0.2, 0.25) is 0 Å². The molecule has 36 heavy (non-hydrogen) atoms. The lowest BCUT2D eigenvalue weighted by molar-refractivity contribution is 0.305. The Bertz CT molecular complexity index is 1690. The molecule has 1 aliphatic heterocycles. The number of rotatable bonds is 6. The third-order valence-electron chi connectivity index (χ3n) is 5.59. The molecule has 3 aromatic carbocycles. The largest absolute Gasteiger partial charge is 0.506 e. The molecule has 0 unspecified atom stereocenters. The Labute approximate surface area is 207 Å².